The summed E-state index contributed by atoms with van der Waals surface area (Å²) in [6.07, 6.45) is 3.01. The van der Waals surface area contributed by atoms with E-state index in [9.17, 15) is 15.2 Å². The lowest BCUT2D eigenvalue weighted by molar-refractivity contribution is 0.0697. The number of H-pyrrole nitrogens is 1. The number of rotatable bonds is 2. The fourth-order valence-corrected chi connectivity index (χ4v) is 3.36. The van der Waals surface area contributed by atoms with Crippen LogP contribution in [-0.4, -0.2) is 26.3 Å². The van der Waals surface area contributed by atoms with Crippen LogP contribution in [0.3, 0.4) is 0 Å². The minimum absolute atomic E-state index is 0.0884. The molecule has 122 valence electrons. The number of carboxylic acid groups (broad SMARTS) is 1. The summed E-state index contributed by atoms with van der Waals surface area (Å²) >= 11 is 0. The average molecular weight is 331 g/mol. The zero-order valence-corrected chi connectivity index (χ0v) is 13.1. The number of aromatic nitrogens is 3. The molecular weight excluding hydrogens is 318 g/mol. The van der Waals surface area contributed by atoms with Crippen molar-refractivity contribution in [1.82, 2.24) is 15.2 Å². The van der Waals surface area contributed by atoms with Crippen LogP contribution in [0.5, 0.6) is 0 Å². The second kappa shape index (κ2) is 5.46. The summed E-state index contributed by atoms with van der Waals surface area (Å²) in [5, 5.41) is 26.2. The maximum atomic E-state index is 11.7. The minimum Gasteiger partial charge on any atom is -0.478 e. The summed E-state index contributed by atoms with van der Waals surface area (Å²) in [7, 11) is 0. The molecule has 7 heteroatoms. The number of fused-ring (bicyclic) bond motifs is 3. The first kappa shape index (κ1) is 14.9. The molecule has 1 aromatic carbocycles. The Morgan fingerprint density at radius 2 is 2.08 bits per heavy atom. The standard InChI is InChI=1S/C18H13N5O2/c19-7-12-15(9-3-1-2-4-10(9)18(24)25)11-5-6-14-13(8-21-23-14)16(11)22-17(12)20/h1-4,8H,5-6H2,(H2,20,22)(H,21,23)(H,24,25). The van der Waals surface area contributed by atoms with E-state index in [1.165, 1.54) is 6.07 Å². The molecule has 3 aromatic rings. The van der Waals surface area contributed by atoms with Gasteiger partial charge in [0.05, 0.1) is 17.5 Å². The molecule has 4 N–H and O–H groups in total. The number of aryl methyl sites for hydroxylation is 1. The Bertz CT molecular complexity index is 1060. The van der Waals surface area contributed by atoms with Crippen LogP contribution in [0.4, 0.5) is 5.82 Å². The quantitative estimate of drug-likeness (QED) is 0.661. The molecule has 0 aliphatic heterocycles. The van der Waals surface area contributed by atoms with Crippen molar-refractivity contribution < 1.29 is 9.90 Å². The molecule has 1 aliphatic rings. The van der Waals surface area contributed by atoms with Crippen LogP contribution >= 0.6 is 0 Å². The van der Waals surface area contributed by atoms with Gasteiger partial charge in [0.2, 0.25) is 0 Å². The first-order chi connectivity index (χ1) is 12.1. The van der Waals surface area contributed by atoms with Gasteiger partial charge in [-0.05, 0) is 30.0 Å². The molecule has 0 saturated heterocycles. The highest BCUT2D eigenvalue weighted by atomic mass is 16.4. The maximum Gasteiger partial charge on any atom is 0.336 e. The maximum absolute atomic E-state index is 11.7. The number of hydrogen-bond acceptors (Lipinski definition) is 5. The van der Waals surface area contributed by atoms with Crippen molar-refractivity contribution in [3.63, 3.8) is 0 Å². The number of nitriles is 1. The van der Waals surface area contributed by atoms with E-state index in [0.29, 0.717) is 29.7 Å². The Morgan fingerprint density at radius 1 is 1.28 bits per heavy atom. The van der Waals surface area contributed by atoms with Crippen LogP contribution in [0.2, 0.25) is 0 Å². The Hall–Kier alpha value is -3.66. The number of anilines is 1. The Kier molecular flexibility index (Phi) is 3.25. The van der Waals surface area contributed by atoms with E-state index in [4.69, 9.17) is 5.73 Å². The van der Waals surface area contributed by atoms with Gasteiger partial charge in [0, 0.05) is 16.8 Å². The zero-order valence-electron chi connectivity index (χ0n) is 13.1. The van der Waals surface area contributed by atoms with Gasteiger partial charge in [-0.25, -0.2) is 9.78 Å². The molecule has 1 aliphatic carbocycles. The number of carbonyl (C=O) groups is 1. The van der Waals surface area contributed by atoms with E-state index in [0.717, 1.165) is 16.8 Å². The average Bonchev–Trinajstić information content (AvgIpc) is 3.09. The largest absolute Gasteiger partial charge is 0.478 e. The van der Waals surface area contributed by atoms with Crippen LogP contribution in [-0.2, 0) is 12.8 Å². The van der Waals surface area contributed by atoms with Crippen LogP contribution in [0.1, 0.15) is 27.2 Å². The second-order valence-electron chi connectivity index (χ2n) is 5.80. The molecule has 4 rings (SSSR count). The predicted molar refractivity (Wildman–Crippen MR) is 90.7 cm³/mol. The summed E-state index contributed by atoms with van der Waals surface area (Å²) in [4.78, 5) is 16.1. The molecule has 0 amide bonds. The first-order valence-corrected chi connectivity index (χ1v) is 7.69. The van der Waals surface area contributed by atoms with Gasteiger partial charge in [-0.1, -0.05) is 18.2 Å². The van der Waals surface area contributed by atoms with Crippen molar-refractivity contribution in [2.75, 3.05) is 5.73 Å². The van der Waals surface area contributed by atoms with E-state index in [1.807, 2.05) is 0 Å². The lowest BCUT2D eigenvalue weighted by atomic mass is 9.84. The smallest absolute Gasteiger partial charge is 0.336 e. The molecule has 0 saturated carbocycles. The molecule has 0 radical (unpaired) electrons. The second-order valence-corrected chi connectivity index (χ2v) is 5.80. The normalized spacial score (nSPS) is 12.1. The fourth-order valence-electron chi connectivity index (χ4n) is 3.36. The molecule has 2 heterocycles. The van der Waals surface area contributed by atoms with E-state index in [-0.39, 0.29) is 16.9 Å². The van der Waals surface area contributed by atoms with Crippen LogP contribution < -0.4 is 5.73 Å². The van der Waals surface area contributed by atoms with Crippen LogP contribution in [0, 0.1) is 11.3 Å². The summed E-state index contributed by atoms with van der Waals surface area (Å²) in [6.45, 7) is 0. The number of nitrogen functional groups attached to an aromatic ring is 1. The third-order valence-electron chi connectivity index (χ3n) is 4.46. The topological polar surface area (TPSA) is 129 Å². The van der Waals surface area contributed by atoms with Gasteiger partial charge >= 0.3 is 5.97 Å². The van der Waals surface area contributed by atoms with Crippen molar-refractivity contribution in [3.8, 4) is 28.5 Å². The number of hydrogen-bond donors (Lipinski definition) is 3. The first-order valence-electron chi connectivity index (χ1n) is 7.69. The van der Waals surface area contributed by atoms with E-state index in [2.05, 4.69) is 21.3 Å². The Labute approximate surface area is 142 Å². The molecule has 0 fully saturated rings. The van der Waals surface area contributed by atoms with Gasteiger partial charge in [0.25, 0.3) is 0 Å². The molecule has 0 atom stereocenters. The number of nitrogens with one attached hydrogen (secondary N) is 1. The van der Waals surface area contributed by atoms with Gasteiger partial charge in [0.1, 0.15) is 17.5 Å². The molecule has 0 bridgehead atoms. The van der Waals surface area contributed by atoms with E-state index < -0.39 is 5.97 Å². The zero-order chi connectivity index (χ0) is 17.6. The number of carboxylic acids is 1. The fraction of sp³-hybridized carbons (Fsp3) is 0.111. The Morgan fingerprint density at radius 3 is 2.84 bits per heavy atom. The predicted octanol–water partition coefficient (Wildman–Crippen LogP) is 2.39. The summed E-state index contributed by atoms with van der Waals surface area (Å²) in [6, 6.07) is 8.72. The number of nitrogens with zero attached hydrogens (tertiary/aromatic N) is 3. The van der Waals surface area contributed by atoms with Crippen molar-refractivity contribution in [2.24, 2.45) is 0 Å². The van der Waals surface area contributed by atoms with Crippen LogP contribution in [0.15, 0.2) is 30.5 Å². The number of aromatic amines is 1. The van der Waals surface area contributed by atoms with Gasteiger partial charge < -0.3 is 10.8 Å². The molecule has 25 heavy (non-hydrogen) atoms. The van der Waals surface area contributed by atoms with Gasteiger partial charge in [-0.3, -0.25) is 5.10 Å². The SMILES string of the molecule is N#Cc1c(N)nc2c(c1-c1ccccc1C(=O)O)CCc1[nH]ncc1-2. The summed E-state index contributed by atoms with van der Waals surface area (Å²) < 4.78 is 0. The van der Waals surface area contributed by atoms with Crippen molar-refractivity contribution in [3.05, 3.63) is 52.8 Å². The van der Waals surface area contributed by atoms with Crippen molar-refractivity contribution in [2.45, 2.75) is 12.8 Å². The van der Waals surface area contributed by atoms with Crippen LogP contribution in [0.25, 0.3) is 22.4 Å². The van der Waals surface area contributed by atoms with E-state index in [1.54, 1.807) is 24.4 Å². The lowest BCUT2D eigenvalue weighted by Gasteiger charge is -2.21. The van der Waals surface area contributed by atoms with Gasteiger partial charge in [-0.15, -0.1) is 0 Å². The third-order valence-corrected chi connectivity index (χ3v) is 4.46. The van der Waals surface area contributed by atoms with Crippen molar-refractivity contribution >= 4 is 11.8 Å². The number of nitrogens with two attached hydrogens (primary N) is 1. The lowest BCUT2D eigenvalue weighted by Crippen LogP contribution is -2.12. The third kappa shape index (κ3) is 2.16. The monoisotopic (exact) mass is 331 g/mol. The molecular formula is C18H13N5O2. The molecule has 2 aromatic heterocycles. The molecule has 7 nitrogen and oxygen atoms in total. The number of aromatic carboxylic acids is 1. The number of benzene rings is 1. The minimum atomic E-state index is -1.05. The highest BCUT2D eigenvalue weighted by Crippen LogP contribution is 2.41. The summed E-state index contributed by atoms with van der Waals surface area (Å²) in [5.74, 6) is -0.964. The van der Waals surface area contributed by atoms with Crippen molar-refractivity contribution in [1.29, 1.82) is 5.26 Å². The Balaban J connectivity index is 2.11. The van der Waals surface area contributed by atoms with Gasteiger partial charge in [-0.2, -0.15) is 10.4 Å². The highest BCUT2D eigenvalue weighted by molar-refractivity contribution is 5.99. The molecule has 0 unspecified atom stereocenters. The molecule has 0 spiro atoms. The highest BCUT2D eigenvalue weighted by Gasteiger charge is 2.28. The van der Waals surface area contributed by atoms with E-state index >= 15 is 0 Å². The number of pyridine rings is 1. The summed E-state index contributed by atoms with van der Waals surface area (Å²) in [5.41, 5.74) is 10.7. The van der Waals surface area contributed by atoms with Gasteiger partial charge in [0.15, 0.2) is 0 Å².